The molecule has 0 aliphatic heterocycles. The van der Waals surface area contributed by atoms with Crippen molar-refractivity contribution in [3.05, 3.63) is 94.2 Å². The Morgan fingerprint density at radius 3 is 2.19 bits per heavy atom. The average Bonchev–Trinajstić information content (AvgIpc) is 2.78. The van der Waals surface area contributed by atoms with Gasteiger partial charge >= 0.3 is 10.1 Å². The molecule has 3 aromatic rings. The summed E-state index contributed by atoms with van der Waals surface area (Å²) in [5.74, 6) is -0.571. The second kappa shape index (κ2) is 10.7. The van der Waals surface area contributed by atoms with E-state index in [4.69, 9.17) is 8.92 Å². The zero-order chi connectivity index (χ0) is 23.1. The van der Waals surface area contributed by atoms with Crippen molar-refractivity contribution < 1.29 is 26.5 Å². The molecular formula is C23H21BrFNO5S. The SMILES string of the molecule is COCCN(Cc1ccc(OS(=O)(=O)c2ccc(F)cc2)cc1)C(=O)c1ccc(Br)cc1. The highest BCUT2D eigenvalue weighted by atomic mass is 79.9. The lowest BCUT2D eigenvalue weighted by atomic mass is 10.1. The van der Waals surface area contributed by atoms with Gasteiger partial charge in [0.25, 0.3) is 5.91 Å². The van der Waals surface area contributed by atoms with E-state index in [2.05, 4.69) is 15.9 Å². The quantitative estimate of drug-likeness (QED) is 0.383. The van der Waals surface area contributed by atoms with Crippen LogP contribution in [0.25, 0.3) is 0 Å². The molecule has 0 heterocycles. The van der Waals surface area contributed by atoms with Crippen LogP contribution in [0.5, 0.6) is 5.75 Å². The summed E-state index contributed by atoms with van der Waals surface area (Å²) < 4.78 is 48.9. The van der Waals surface area contributed by atoms with Crippen molar-refractivity contribution in [3.8, 4) is 5.75 Å². The molecule has 0 spiro atoms. The molecule has 3 rings (SSSR count). The minimum Gasteiger partial charge on any atom is -0.383 e. The molecule has 0 bridgehead atoms. The zero-order valence-corrected chi connectivity index (χ0v) is 19.6. The Labute approximate surface area is 194 Å². The van der Waals surface area contributed by atoms with Crippen LogP contribution in [0.1, 0.15) is 15.9 Å². The first-order chi connectivity index (χ1) is 15.3. The molecule has 168 valence electrons. The molecule has 0 aliphatic carbocycles. The average molecular weight is 522 g/mol. The predicted octanol–water partition coefficient (Wildman–Crippen LogP) is 4.64. The zero-order valence-electron chi connectivity index (χ0n) is 17.2. The third-order valence-electron chi connectivity index (χ3n) is 4.55. The van der Waals surface area contributed by atoms with Crippen LogP contribution >= 0.6 is 15.9 Å². The molecule has 0 fully saturated rings. The van der Waals surface area contributed by atoms with Gasteiger partial charge in [-0.1, -0.05) is 28.1 Å². The lowest BCUT2D eigenvalue weighted by molar-refractivity contribution is 0.0680. The van der Waals surface area contributed by atoms with Crippen molar-refractivity contribution in [2.24, 2.45) is 0 Å². The maximum absolute atomic E-state index is 13.0. The first-order valence-corrected chi connectivity index (χ1v) is 11.8. The summed E-state index contributed by atoms with van der Waals surface area (Å²) in [6.45, 7) is 1.07. The Kier molecular flexibility index (Phi) is 8.00. The van der Waals surface area contributed by atoms with E-state index in [0.717, 1.165) is 34.3 Å². The van der Waals surface area contributed by atoms with Crippen LogP contribution in [0, 0.1) is 5.82 Å². The largest absolute Gasteiger partial charge is 0.383 e. The Hall–Kier alpha value is -2.75. The third-order valence-corrected chi connectivity index (χ3v) is 6.34. The van der Waals surface area contributed by atoms with Gasteiger partial charge in [-0.15, -0.1) is 0 Å². The summed E-state index contributed by atoms with van der Waals surface area (Å²) in [7, 11) is -2.52. The van der Waals surface area contributed by atoms with E-state index in [1.165, 1.54) is 12.1 Å². The molecule has 0 saturated heterocycles. The van der Waals surface area contributed by atoms with Crippen molar-refractivity contribution in [1.82, 2.24) is 4.90 Å². The van der Waals surface area contributed by atoms with Crippen LogP contribution in [0.2, 0.25) is 0 Å². The topological polar surface area (TPSA) is 72.9 Å². The van der Waals surface area contributed by atoms with Gasteiger partial charge in [-0.3, -0.25) is 4.79 Å². The van der Waals surface area contributed by atoms with Gasteiger partial charge in [0.05, 0.1) is 6.61 Å². The minimum atomic E-state index is -4.08. The number of carbonyl (C=O) groups is 1. The van der Waals surface area contributed by atoms with Crippen molar-refractivity contribution in [1.29, 1.82) is 0 Å². The van der Waals surface area contributed by atoms with E-state index in [9.17, 15) is 17.6 Å². The van der Waals surface area contributed by atoms with Gasteiger partial charge in [0.1, 0.15) is 16.5 Å². The number of amides is 1. The summed E-state index contributed by atoms with van der Waals surface area (Å²) in [5.41, 5.74) is 1.34. The fourth-order valence-corrected chi connectivity index (χ4v) is 4.07. The second-order valence-electron chi connectivity index (χ2n) is 6.86. The van der Waals surface area contributed by atoms with Gasteiger partial charge in [0.15, 0.2) is 0 Å². The molecule has 3 aromatic carbocycles. The first-order valence-electron chi connectivity index (χ1n) is 9.61. The van der Waals surface area contributed by atoms with Crippen molar-refractivity contribution in [2.75, 3.05) is 20.3 Å². The van der Waals surface area contributed by atoms with E-state index in [1.54, 1.807) is 48.4 Å². The normalized spacial score (nSPS) is 11.2. The Morgan fingerprint density at radius 1 is 0.969 bits per heavy atom. The fourth-order valence-electron chi connectivity index (χ4n) is 2.88. The summed E-state index contributed by atoms with van der Waals surface area (Å²) in [4.78, 5) is 14.4. The van der Waals surface area contributed by atoms with Crippen LogP contribution < -0.4 is 4.18 Å². The van der Waals surface area contributed by atoms with Gasteiger partial charge in [-0.25, -0.2) is 4.39 Å². The standard InChI is InChI=1S/C23H21BrFNO5S/c1-30-15-14-26(23(27)18-4-6-19(24)7-5-18)16-17-2-10-21(11-3-17)31-32(28,29)22-12-8-20(25)9-13-22/h2-13H,14-16H2,1H3. The van der Waals surface area contributed by atoms with Crippen LogP contribution in [-0.4, -0.2) is 39.5 Å². The molecule has 1 amide bonds. The summed E-state index contributed by atoms with van der Waals surface area (Å²) in [6, 6.07) is 17.9. The van der Waals surface area contributed by atoms with Gasteiger partial charge < -0.3 is 13.8 Å². The lowest BCUT2D eigenvalue weighted by Crippen LogP contribution is -2.33. The number of hydrogen-bond acceptors (Lipinski definition) is 5. The lowest BCUT2D eigenvalue weighted by Gasteiger charge is -2.23. The number of ether oxygens (including phenoxy) is 1. The van der Waals surface area contributed by atoms with Crippen LogP contribution in [0.15, 0.2) is 82.2 Å². The molecule has 32 heavy (non-hydrogen) atoms. The summed E-state index contributed by atoms with van der Waals surface area (Å²) in [6.07, 6.45) is 0. The van der Waals surface area contributed by atoms with E-state index in [1.807, 2.05) is 0 Å². The van der Waals surface area contributed by atoms with Crippen LogP contribution in [0.3, 0.4) is 0 Å². The van der Waals surface area contributed by atoms with E-state index in [-0.39, 0.29) is 16.6 Å². The maximum atomic E-state index is 13.0. The molecular weight excluding hydrogens is 501 g/mol. The Morgan fingerprint density at radius 2 is 1.59 bits per heavy atom. The molecule has 0 N–H and O–H groups in total. The minimum absolute atomic E-state index is 0.112. The Bertz CT molecular complexity index is 1150. The predicted molar refractivity (Wildman–Crippen MR) is 121 cm³/mol. The van der Waals surface area contributed by atoms with E-state index >= 15 is 0 Å². The molecule has 0 aliphatic rings. The number of benzene rings is 3. The second-order valence-corrected chi connectivity index (χ2v) is 9.32. The highest BCUT2D eigenvalue weighted by Crippen LogP contribution is 2.21. The van der Waals surface area contributed by atoms with E-state index < -0.39 is 15.9 Å². The van der Waals surface area contributed by atoms with E-state index in [0.29, 0.717) is 25.3 Å². The van der Waals surface area contributed by atoms with Crippen LogP contribution in [0.4, 0.5) is 4.39 Å². The van der Waals surface area contributed by atoms with Crippen molar-refractivity contribution in [3.63, 3.8) is 0 Å². The molecule has 0 atom stereocenters. The summed E-state index contributed by atoms with van der Waals surface area (Å²) in [5, 5.41) is 0. The van der Waals surface area contributed by atoms with Gasteiger partial charge in [-0.05, 0) is 66.2 Å². The third kappa shape index (κ3) is 6.38. The van der Waals surface area contributed by atoms with Crippen molar-refractivity contribution >= 4 is 32.0 Å². The number of rotatable bonds is 9. The number of hydrogen-bond donors (Lipinski definition) is 0. The number of methoxy groups -OCH3 is 1. The molecule has 0 aromatic heterocycles. The monoisotopic (exact) mass is 521 g/mol. The highest BCUT2D eigenvalue weighted by Gasteiger charge is 2.18. The number of halogens is 2. The molecule has 0 unspecified atom stereocenters. The molecule has 0 radical (unpaired) electrons. The molecule has 0 saturated carbocycles. The van der Waals surface area contributed by atoms with Gasteiger partial charge in [-0.2, -0.15) is 8.42 Å². The maximum Gasteiger partial charge on any atom is 0.339 e. The molecule has 9 heteroatoms. The van der Waals surface area contributed by atoms with Gasteiger partial charge in [0.2, 0.25) is 0 Å². The molecule has 6 nitrogen and oxygen atoms in total. The van der Waals surface area contributed by atoms with Crippen molar-refractivity contribution in [2.45, 2.75) is 11.4 Å². The number of nitrogens with zero attached hydrogens (tertiary/aromatic N) is 1. The van der Waals surface area contributed by atoms with Gasteiger partial charge in [0, 0.05) is 30.2 Å². The van der Waals surface area contributed by atoms with Crippen LogP contribution in [-0.2, 0) is 21.4 Å². The Balaban J connectivity index is 1.72. The highest BCUT2D eigenvalue weighted by molar-refractivity contribution is 9.10. The smallest absolute Gasteiger partial charge is 0.339 e. The summed E-state index contributed by atoms with van der Waals surface area (Å²) >= 11 is 3.36. The number of carbonyl (C=O) groups excluding carboxylic acids is 1. The first kappa shape index (κ1) is 23.9. The fraction of sp³-hybridized carbons (Fsp3) is 0.174.